The molecular weight excluding hydrogens is 282 g/mol. The number of hydrogen-bond donors (Lipinski definition) is 0. The third kappa shape index (κ3) is 3.27. The van der Waals surface area contributed by atoms with Gasteiger partial charge in [-0.2, -0.15) is 4.98 Å². The average Bonchev–Trinajstić information content (AvgIpc) is 3.14. The summed E-state index contributed by atoms with van der Waals surface area (Å²) < 4.78 is 16.7. The van der Waals surface area contributed by atoms with Crippen molar-refractivity contribution in [1.82, 2.24) is 15.1 Å². The minimum atomic E-state index is 0.0498. The van der Waals surface area contributed by atoms with Crippen molar-refractivity contribution in [1.29, 1.82) is 0 Å². The molecule has 1 saturated heterocycles. The molecule has 3 rings (SSSR count). The largest absolute Gasteiger partial charge is 0.482 e. The van der Waals surface area contributed by atoms with E-state index in [0.717, 1.165) is 13.0 Å². The zero-order valence-corrected chi connectivity index (χ0v) is 13.2. The van der Waals surface area contributed by atoms with Gasteiger partial charge in [-0.15, -0.1) is 0 Å². The molecule has 0 saturated carbocycles. The first-order valence-electron chi connectivity index (χ1n) is 7.51. The lowest BCUT2D eigenvalue weighted by molar-refractivity contribution is 0.0193. The smallest absolute Gasteiger partial charge is 0.264 e. The van der Waals surface area contributed by atoms with Crippen LogP contribution in [0.5, 0.6) is 5.75 Å². The van der Waals surface area contributed by atoms with Gasteiger partial charge in [0, 0.05) is 12.8 Å². The fourth-order valence-electron chi connectivity index (χ4n) is 2.76. The molecule has 0 N–H and O–H groups in total. The highest BCUT2D eigenvalue weighted by atomic mass is 16.5. The van der Waals surface area contributed by atoms with Crippen molar-refractivity contribution < 1.29 is 14.0 Å². The highest BCUT2D eigenvalue weighted by Crippen LogP contribution is 2.39. The van der Waals surface area contributed by atoms with Crippen molar-refractivity contribution in [2.75, 3.05) is 6.61 Å². The van der Waals surface area contributed by atoms with Crippen LogP contribution in [0.25, 0.3) is 0 Å². The van der Waals surface area contributed by atoms with E-state index >= 15 is 0 Å². The number of nitrogens with zero attached hydrogens (tertiary/aromatic N) is 3. The lowest BCUT2D eigenvalue weighted by atomic mass is 9.81. The fourth-order valence-corrected chi connectivity index (χ4v) is 2.76. The van der Waals surface area contributed by atoms with Crippen LogP contribution in [0.15, 0.2) is 29.0 Å². The zero-order valence-electron chi connectivity index (χ0n) is 13.2. The molecule has 2 aromatic heterocycles. The Morgan fingerprint density at radius 3 is 2.95 bits per heavy atom. The quantitative estimate of drug-likeness (QED) is 0.865. The van der Waals surface area contributed by atoms with Crippen molar-refractivity contribution in [3.63, 3.8) is 0 Å². The molecule has 0 radical (unpaired) electrons. The summed E-state index contributed by atoms with van der Waals surface area (Å²) in [6.45, 7) is 7.49. The van der Waals surface area contributed by atoms with Gasteiger partial charge in [-0.25, -0.2) is 0 Å². The van der Waals surface area contributed by atoms with Gasteiger partial charge in [0.15, 0.2) is 12.4 Å². The Balaban J connectivity index is 1.66. The maximum absolute atomic E-state index is 5.86. The van der Waals surface area contributed by atoms with Crippen LogP contribution in [0.4, 0.5) is 0 Å². The first kappa shape index (κ1) is 15.0. The molecule has 0 amide bonds. The van der Waals surface area contributed by atoms with Crippen molar-refractivity contribution in [2.45, 2.75) is 45.8 Å². The molecule has 3 heterocycles. The lowest BCUT2D eigenvalue weighted by Crippen LogP contribution is -2.30. The van der Waals surface area contributed by atoms with E-state index in [1.54, 1.807) is 12.4 Å². The molecule has 0 aromatic carbocycles. The first-order valence-corrected chi connectivity index (χ1v) is 7.51. The summed E-state index contributed by atoms with van der Waals surface area (Å²) in [6, 6.07) is 3.66. The number of aromatic nitrogens is 3. The second-order valence-corrected chi connectivity index (χ2v) is 6.58. The van der Waals surface area contributed by atoms with Crippen LogP contribution in [0.3, 0.4) is 0 Å². The summed E-state index contributed by atoms with van der Waals surface area (Å²) in [5.41, 5.74) is 0.0498. The molecule has 0 spiro atoms. The average molecular weight is 303 g/mol. The Morgan fingerprint density at radius 1 is 1.36 bits per heavy atom. The van der Waals surface area contributed by atoms with Crippen molar-refractivity contribution in [2.24, 2.45) is 5.41 Å². The van der Waals surface area contributed by atoms with Crippen LogP contribution in [0.1, 0.15) is 44.8 Å². The van der Waals surface area contributed by atoms with E-state index in [0.29, 0.717) is 17.5 Å². The van der Waals surface area contributed by atoms with Crippen LogP contribution >= 0.6 is 0 Å². The molecule has 22 heavy (non-hydrogen) atoms. The van der Waals surface area contributed by atoms with Crippen LogP contribution in [0.2, 0.25) is 0 Å². The predicted molar refractivity (Wildman–Crippen MR) is 79.4 cm³/mol. The van der Waals surface area contributed by atoms with Gasteiger partial charge in [0.1, 0.15) is 5.75 Å². The highest BCUT2D eigenvalue weighted by molar-refractivity contribution is 5.15. The third-order valence-electron chi connectivity index (χ3n) is 3.76. The molecule has 6 heteroatoms. The van der Waals surface area contributed by atoms with Crippen molar-refractivity contribution in [3.8, 4) is 5.75 Å². The van der Waals surface area contributed by atoms with Crippen molar-refractivity contribution in [3.05, 3.63) is 36.2 Å². The molecule has 2 aromatic rings. The molecule has 0 unspecified atom stereocenters. The molecule has 0 bridgehead atoms. The van der Waals surface area contributed by atoms with Gasteiger partial charge in [0.05, 0.1) is 18.2 Å². The predicted octanol–water partition coefficient (Wildman–Crippen LogP) is 2.96. The number of pyridine rings is 1. The molecule has 1 aliphatic rings. The second-order valence-electron chi connectivity index (χ2n) is 6.58. The minimum absolute atomic E-state index is 0.0498. The van der Waals surface area contributed by atoms with Gasteiger partial charge >= 0.3 is 0 Å². The summed E-state index contributed by atoms with van der Waals surface area (Å²) in [4.78, 5) is 8.46. The SMILES string of the molecule is CC(C)(C)[C@H]1OCC[C@@H]1c1noc(COc2cccnc2)n1. The highest BCUT2D eigenvalue weighted by Gasteiger charge is 2.40. The van der Waals surface area contributed by atoms with Gasteiger partial charge < -0.3 is 14.0 Å². The van der Waals surface area contributed by atoms with E-state index in [2.05, 4.69) is 35.9 Å². The Morgan fingerprint density at radius 2 is 2.23 bits per heavy atom. The standard InChI is InChI=1S/C16H21N3O3/c1-16(2,3)14-12(6-8-20-14)15-18-13(22-19-15)10-21-11-5-4-7-17-9-11/h4-5,7,9,12,14H,6,8,10H2,1-3H3/t12-,14-/m0/s1. The summed E-state index contributed by atoms with van der Waals surface area (Å²) in [6.07, 6.45) is 4.38. The van der Waals surface area contributed by atoms with Crippen molar-refractivity contribution >= 4 is 0 Å². The zero-order chi connectivity index (χ0) is 15.6. The Bertz CT molecular complexity index is 607. The van der Waals surface area contributed by atoms with E-state index in [1.807, 2.05) is 12.1 Å². The topological polar surface area (TPSA) is 70.3 Å². The van der Waals surface area contributed by atoms with Gasteiger partial charge in [-0.3, -0.25) is 4.98 Å². The van der Waals surface area contributed by atoms with Gasteiger partial charge in [-0.05, 0) is 24.0 Å². The van der Waals surface area contributed by atoms with Crippen LogP contribution < -0.4 is 4.74 Å². The number of hydrogen-bond acceptors (Lipinski definition) is 6. The molecule has 2 atom stereocenters. The fraction of sp³-hybridized carbons (Fsp3) is 0.562. The molecule has 6 nitrogen and oxygen atoms in total. The normalized spacial score (nSPS) is 22.0. The number of rotatable bonds is 4. The maximum atomic E-state index is 5.86. The van der Waals surface area contributed by atoms with E-state index in [9.17, 15) is 0 Å². The van der Waals surface area contributed by atoms with E-state index in [-0.39, 0.29) is 24.0 Å². The summed E-state index contributed by atoms with van der Waals surface area (Å²) in [7, 11) is 0. The van der Waals surface area contributed by atoms with Gasteiger partial charge in [0.25, 0.3) is 5.89 Å². The summed E-state index contributed by atoms with van der Waals surface area (Å²) in [5.74, 6) is 2.04. The Kier molecular flexibility index (Phi) is 4.11. The van der Waals surface area contributed by atoms with Gasteiger partial charge in [0.2, 0.25) is 0 Å². The Hall–Kier alpha value is -1.95. The Labute approximate surface area is 129 Å². The van der Waals surface area contributed by atoms with E-state index in [1.165, 1.54) is 0 Å². The van der Waals surface area contributed by atoms with Crippen LogP contribution in [-0.4, -0.2) is 27.8 Å². The van der Waals surface area contributed by atoms with E-state index in [4.69, 9.17) is 14.0 Å². The molecular formula is C16H21N3O3. The van der Waals surface area contributed by atoms with Crippen LogP contribution in [-0.2, 0) is 11.3 Å². The first-order chi connectivity index (χ1) is 10.5. The third-order valence-corrected chi connectivity index (χ3v) is 3.76. The monoisotopic (exact) mass is 303 g/mol. The minimum Gasteiger partial charge on any atom is -0.482 e. The lowest BCUT2D eigenvalue weighted by Gasteiger charge is -2.29. The van der Waals surface area contributed by atoms with E-state index < -0.39 is 0 Å². The van der Waals surface area contributed by atoms with Gasteiger partial charge in [-0.1, -0.05) is 25.9 Å². The summed E-state index contributed by atoms with van der Waals surface area (Å²) in [5, 5.41) is 4.11. The molecule has 1 fully saturated rings. The maximum Gasteiger partial charge on any atom is 0.264 e. The summed E-state index contributed by atoms with van der Waals surface area (Å²) >= 11 is 0. The molecule has 0 aliphatic carbocycles. The molecule has 118 valence electrons. The second kappa shape index (κ2) is 6.04. The van der Waals surface area contributed by atoms with Crippen LogP contribution in [0, 0.1) is 5.41 Å². The molecule has 1 aliphatic heterocycles. The number of ether oxygens (including phenoxy) is 2.